The molecule has 6 N–H and O–H groups in total. The summed E-state index contributed by atoms with van der Waals surface area (Å²) >= 11 is 0. The van der Waals surface area contributed by atoms with Gasteiger partial charge >= 0.3 is 0 Å². The fourth-order valence-corrected chi connectivity index (χ4v) is 4.22. The number of hydrogen-bond acceptors (Lipinski definition) is 6. The third-order valence-corrected chi connectivity index (χ3v) is 5.84. The lowest BCUT2D eigenvalue weighted by Crippen LogP contribution is -2.40. The van der Waals surface area contributed by atoms with Crippen molar-refractivity contribution in [2.75, 3.05) is 23.7 Å². The minimum absolute atomic E-state index is 0.138. The van der Waals surface area contributed by atoms with Gasteiger partial charge in [-0.05, 0) is 45.0 Å². The SMILES string of the molecule is CCn1c(CN(C=O)c2nc3cc[nH]c3nc2N)[n+](CC)c2ccc(C(=O)NCCCN)cc21. The molecule has 0 atom stereocenters. The lowest BCUT2D eigenvalue weighted by molar-refractivity contribution is -0.676. The van der Waals surface area contributed by atoms with Gasteiger partial charge in [0.05, 0.1) is 13.1 Å². The maximum atomic E-state index is 12.6. The molecule has 4 aromatic rings. The van der Waals surface area contributed by atoms with Gasteiger partial charge in [0.2, 0.25) is 6.41 Å². The topological polar surface area (TPSA) is 152 Å². The third-order valence-electron chi connectivity index (χ3n) is 5.84. The first-order valence-electron chi connectivity index (χ1n) is 11.4. The molecule has 0 aliphatic carbocycles. The highest BCUT2D eigenvalue weighted by Crippen LogP contribution is 2.24. The van der Waals surface area contributed by atoms with E-state index in [9.17, 15) is 9.59 Å². The van der Waals surface area contributed by atoms with Crippen LogP contribution in [-0.2, 0) is 24.4 Å². The summed E-state index contributed by atoms with van der Waals surface area (Å²) in [4.78, 5) is 38.0. The molecule has 0 bridgehead atoms. The normalized spacial score (nSPS) is 11.3. The Bertz CT molecular complexity index is 1340. The number of aromatic amines is 1. The molecule has 0 aliphatic heterocycles. The summed E-state index contributed by atoms with van der Waals surface area (Å²) in [7, 11) is 0. The van der Waals surface area contributed by atoms with Crippen LogP contribution in [0, 0.1) is 0 Å². The molecule has 2 amide bonds. The van der Waals surface area contributed by atoms with Gasteiger partial charge in [0.1, 0.15) is 12.1 Å². The van der Waals surface area contributed by atoms with Crippen molar-refractivity contribution in [3.8, 4) is 0 Å². The average molecular weight is 465 g/mol. The minimum atomic E-state index is -0.138. The number of H-pyrrole nitrogens is 1. The number of nitrogens with two attached hydrogens (primary N) is 2. The molecule has 1 aromatic carbocycles. The van der Waals surface area contributed by atoms with Gasteiger partial charge in [-0.25, -0.2) is 19.1 Å². The van der Waals surface area contributed by atoms with Crippen LogP contribution in [0.1, 0.15) is 36.5 Å². The average Bonchev–Trinajstić information content (AvgIpc) is 3.42. The number of fused-ring (bicyclic) bond motifs is 2. The number of carbonyl (C=O) groups excluding carboxylic acids is 2. The molecule has 4 rings (SSSR count). The Labute approximate surface area is 196 Å². The largest absolute Gasteiger partial charge is 0.381 e. The molecule has 3 heterocycles. The Balaban J connectivity index is 1.75. The summed E-state index contributed by atoms with van der Waals surface area (Å²) in [5, 5.41) is 2.90. The predicted molar refractivity (Wildman–Crippen MR) is 130 cm³/mol. The second-order valence-electron chi connectivity index (χ2n) is 7.88. The van der Waals surface area contributed by atoms with E-state index in [-0.39, 0.29) is 18.3 Å². The van der Waals surface area contributed by atoms with Gasteiger partial charge in [0.25, 0.3) is 11.7 Å². The summed E-state index contributed by atoms with van der Waals surface area (Å²) in [5.41, 5.74) is 15.3. The zero-order chi connectivity index (χ0) is 24.2. The van der Waals surface area contributed by atoms with E-state index in [1.165, 1.54) is 4.90 Å². The molecule has 0 spiro atoms. The smallest absolute Gasteiger partial charge is 0.277 e. The van der Waals surface area contributed by atoms with Gasteiger partial charge in [-0.2, -0.15) is 0 Å². The summed E-state index contributed by atoms with van der Waals surface area (Å²) in [6, 6.07) is 7.43. The van der Waals surface area contributed by atoms with E-state index >= 15 is 0 Å². The molecule has 3 aromatic heterocycles. The molecule has 0 aliphatic rings. The Kier molecular flexibility index (Phi) is 6.73. The van der Waals surface area contributed by atoms with Gasteiger partial charge in [-0.1, -0.05) is 0 Å². The van der Waals surface area contributed by atoms with Crippen LogP contribution < -0.4 is 26.3 Å². The number of nitrogens with one attached hydrogen (secondary N) is 2. The van der Waals surface area contributed by atoms with Crippen molar-refractivity contribution in [2.24, 2.45) is 5.73 Å². The van der Waals surface area contributed by atoms with Crippen molar-refractivity contribution in [2.45, 2.75) is 39.9 Å². The highest BCUT2D eigenvalue weighted by Gasteiger charge is 2.27. The van der Waals surface area contributed by atoms with Crippen molar-refractivity contribution in [3.05, 3.63) is 41.9 Å². The second-order valence-corrected chi connectivity index (χ2v) is 7.88. The van der Waals surface area contributed by atoms with E-state index in [1.54, 1.807) is 12.3 Å². The van der Waals surface area contributed by atoms with Gasteiger partial charge in [0.15, 0.2) is 28.3 Å². The Morgan fingerprint density at radius 1 is 1.29 bits per heavy atom. The van der Waals surface area contributed by atoms with Crippen molar-refractivity contribution in [3.63, 3.8) is 0 Å². The molecule has 0 saturated carbocycles. The molecule has 11 nitrogen and oxygen atoms in total. The second kappa shape index (κ2) is 9.87. The highest BCUT2D eigenvalue weighted by atomic mass is 16.1. The number of rotatable bonds is 10. The highest BCUT2D eigenvalue weighted by molar-refractivity contribution is 5.97. The lowest BCUT2D eigenvalue weighted by atomic mass is 10.2. The third kappa shape index (κ3) is 4.17. The van der Waals surface area contributed by atoms with Gasteiger partial charge in [0, 0.05) is 24.4 Å². The maximum absolute atomic E-state index is 12.6. The maximum Gasteiger partial charge on any atom is 0.277 e. The molecule has 0 fully saturated rings. The number of aryl methyl sites for hydroxylation is 2. The number of benzene rings is 1. The summed E-state index contributed by atoms with van der Waals surface area (Å²) in [5.74, 6) is 1.22. The Morgan fingerprint density at radius 2 is 2.12 bits per heavy atom. The van der Waals surface area contributed by atoms with Crippen molar-refractivity contribution in [1.29, 1.82) is 0 Å². The first-order valence-corrected chi connectivity index (χ1v) is 11.4. The summed E-state index contributed by atoms with van der Waals surface area (Å²) < 4.78 is 4.23. The van der Waals surface area contributed by atoms with Crippen LogP contribution in [0.25, 0.3) is 22.2 Å². The van der Waals surface area contributed by atoms with Crippen molar-refractivity contribution >= 4 is 46.2 Å². The van der Waals surface area contributed by atoms with E-state index in [0.29, 0.717) is 55.1 Å². The fourth-order valence-electron chi connectivity index (χ4n) is 4.22. The van der Waals surface area contributed by atoms with Crippen molar-refractivity contribution in [1.82, 2.24) is 24.8 Å². The number of aromatic nitrogens is 5. The van der Waals surface area contributed by atoms with Crippen LogP contribution in [0.15, 0.2) is 30.5 Å². The van der Waals surface area contributed by atoms with Crippen LogP contribution in [0.2, 0.25) is 0 Å². The number of anilines is 2. The molecule has 0 saturated heterocycles. The number of nitrogen functional groups attached to an aromatic ring is 1. The van der Waals surface area contributed by atoms with Crippen molar-refractivity contribution < 1.29 is 14.2 Å². The first-order chi connectivity index (χ1) is 16.5. The quantitative estimate of drug-likeness (QED) is 0.156. The molecule has 0 unspecified atom stereocenters. The van der Waals surface area contributed by atoms with Crippen LogP contribution >= 0.6 is 0 Å². The molecule has 11 heteroatoms. The number of hydrogen-bond donors (Lipinski definition) is 4. The molecular formula is C23H30N9O2+. The van der Waals surface area contributed by atoms with E-state index in [4.69, 9.17) is 11.5 Å². The number of carbonyl (C=O) groups is 2. The zero-order valence-electron chi connectivity index (χ0n) is 19.4. The van der Waals surface area contributed by atoms with Gasteiger partial charge in [-0.15, -0.1) is 0 Å². The van der Waals surface area contributed by atoms with E-state index in [1.807, 2.05) is 32.0 Å². The van der Waals surface area contributed by atoms with Gasteiger partial charge in [-0.3, -0.25) is 14.5 Å². The molecular weight excluding hydrogens is 434 g/mol. The van der Waals surface area contributed by atoms with Crippen LogP contribution in [0.3, 0.4) is 0 Å². The van der Waals surface area contributed by atoms with E-state index in [2.05, 4.69) is 29.4 Å². The number of imidazole rings is 1. The predicted octanol–water partition coefficient (Wildman–Crippen LogP) is 1.06. The first kappa shape index (κ1) is 23.2. The molecule has 0 radical (unpaired) electrons. The van der Waals surface area contributed by atoms with Crippen LogP contribution in [-0.4, -0.2) is 44.9 Å². The van der Waals surface area contributed by atoms with Gasteiger partial charge < -0.3 is 21.8 Å². The Morgan fingerprint density at radius 3 is 2.82 bits per heavy atom. The number of nitrogens with zero attached hydrogens (tertiary/aromatic N) is 5. The molecule has 34 heavy (non-hydrogen) atoms. The summed E-state index contributed by atoms with van der Waals surface area (Å²) in [6.45, 7) is 6.71. The van der Waals surface area contributed by atoms with Crippen LogP contribution in [0.4, 0.5) is 11.6 Å². The van der Waals surface area contributed by atoms with Crippen LogP contribution in [0.5, 0.6) is 0 Å². The fraction of sp³-hybridized carbons (Fsp3) is 0.348. The lowest BCUT2D eigenvalue weighted by Gasteiger charge is -2.16. The Hall–Kier alpha value is -3.99. The minimum Gasteiger partial charge on any atom is -0.381 e. The van der Waals surface area contributed by atoms with E-state index in [0.717, 1.165) is 23.3 Å². The molecule has 178 valence electrons. The van der Waals surface area contributed by atoms with E-state index < -0.39 is 0 Å². The number of amides is 2. The monoisotopic (exact) mass is 464 g/mol. The summed E-state index contributed by atoms with van der Waals surface area (Å²) in [6.07, 6.45) is 3.16. The zero-order valence-corrected chi connectivity index (χ0v) is 19.4. The standard InChI is InChI=1S/C23H29N9O2/c1-3-31-17-7-6-15(23(34)27-10-5-9-24)12-18(17)32(4-2)19(31)13-30(14-33)22-20(25)29-21-16(28-22)8-11-26-21/h6-8,11-12,14H,3-5,9-10,13,24H2,1-2H3,(H3-,25,26,27,28,29,34)/p+1.